The van der Waals surface area contributed by atoms with E-state index in [2.05, 4.69) is 15.1 Å². The number of para-hydroxylation sites is 1. The van der Waals surface area contributed by atoms with Crippen molar-refractivity contribution in [3.8, 4) is 0 Å². The van der Waals surface area contributed by atoms with Gasteiger partial charge < -0.3 is 11.1 Å². The lowest BCUT2D eigenvalue weighted by Crippen LogP contribution is -2.51. The van der Waals surface area contributed by atoms with Crippen molar-refractivity contribution in [3.63, 3.8) is 0 Å². The van der Waals surface area contributed by atoms with Crippen LogP contribution in [0, 0.1) is 13.8 Å². The minimum atomic E-state index is -0.424. The third kappa shape index (κ3) is 4.77. The van der Waals surface area contributed by atoms with Gasteiger partial charge in [0.1, 0.15) is 6.04 Å². The Morgan fingerprint density at radius 1 is 0.964 bits per heavy atom. The molecule has 1 heterocycles. The molecule has 1 unspecified atom stereocenters. The zero-order valence-corrected chi connectivity index (χ0v) is 16.5. The van der Waals surface area contributed by atoms with Crippen LogP contribution in [0.3, 0.4) is 0 Å². The van der Waals surface area contributed by atoms with Crippen LogP contribution in [0.4, 0.5) is 5.69 Å². The molecule has 148 valence electrons. The number of benzene rings is 2. The maximum absolute atomic E-state index is 12.5. The highest BCUT2D eigenvalue weighted by Gasteiger charge is 2.29. The molecule has 1 saturated heterocycles. The highest BCUT2D eigenvalue weighted by atomic mass is 16.2. The van der Waals surface area contributed by atoms with Gasteiger partial charge in [0.05, 0.1) is 6.54 Å². The lowest BCUT2D eigenvalue weighted by Gasteiger charge is -2.38. The number of nitrogens with one attached hydrogen (secondary N) is 1. The van der Waals surface area contributed by atoms with E-state index in [1.54, 1.807) is 0 Å². The van der Waals surface area contributed by atoms with Crippen molar-refractivity contribution in [1.29, 1.82) is 0 Å². The van der Waals surface area contributed by atoms with E-state index < -0.39 is 6.04 Å². The van der Waals surface area contributed by atoms with Crippen LogP contribution in [0.25, 0.3) is 0 Å². The topological polar surface area (TPSA) is 78.7 Å². The van der Waals surface area contributed by atoms with E-state index in [1.165, 1.54) is 0 Å². The third-order valence-electron chi connectivity index (χ3n) is 5.27. The van der Waals surface area contributed by atoms with Crippen molar-refractivity contribution in [2.75, 3.05) is 38.0 Å². The number of nitrogens with zero attached hydrogens (tertiary/aromatic N) is 2. The summed E-state index contributed by atoms with van der Waals surface area (Å²) >= 11 is 0. The van der Waals surface area contributed by atoms with Gasteiger partial charge in [0, 0.05) is 31.9 Å². The van der Waals surface area contributed by atoms with Gasteiger partial charge in [-0.25, -0.2) is 0 Å². The molecule has 6 heteroatoms. The summed E-state index contributed by atoms with van der Waals surface area (Å²) in [5.41, 5.74) is 9.60. The SMILES string of the molecule is Cc1cccc(C)c1NC(=O)CN1CCN(C(C(N)=O)c2ccccc2)CC1. The minimum absolute atomic E-state index is 0.0136. The molecular formula is C22H28N4O2. The number of hydrogen-bond acceptors (Lipinski definition) is 4. The van der Waals surface area contributed by atoms with Crippen LogP contribution < -0.4 is 11.1 Å². The van der Waals surface area contributed by atoms with Gasteiger partial charge in [0.2, 0.25) is 11.8 Å². The molecule has 0 bridgehead atoms. The second-order valence-electron chi connectivity index (χ2n) is 7.34. The lowest BCUT2D eigenvalue weighted by molar-refractivity contribution is -0.125. The Morgan fingerprint density at radius 3 is 2.14 bits per heavy atom. The van der Waals surface area contributed by atoms with E-state index in [1.807, 2.05) is 62.4 Å². The number of hydrogen-bond donors (Lipinski definition) is 2. The molecule has 0 saturated carbocycles. The van der Waals surface area contributed by atoms with E-state index >= 15 is 0 Å². The fraction of sp³-hybridized carbons (Fsp3) is 0.364. The van der Waals surface area contributed by atoms with E-state index in [0.717, 1.165) is 35.5 Å². The second kappa shape index (κ2) is 8.99. The van der Waals surface area contributed by atoms with Crippen LogP contribution in [0.5, 0.6) is 0 Å². The Labute approximate surface area is 166 Å². The smallest absolute Gasteiger partial charge is 0.239 e. The number of amides is 2. The van der Waals surface area contributed by atoms with Crippen molar-refractivity contribution >= 4 is 17.5 Å². The van der Waals surface area contributed by atoms with Crippen molar-refractivity contribution in [2.24, 2.45) is 5.73 Å². The molecule has 6 nitrogen and oxygen atoms in total. The van der Waals surface area contributed by atoms with Crippen molar-refractivity contribution in [2.45, 2.75) is 19.9 Å². The first-order valence-corrected chi connectivity index (χ1v) is 9.62. The standard InChI is InChI=1S/C22H28N4O2/c1-16-7-6-8-17(2)20(16)24-19(27)15-25-11-13-26(14-12-25)21(22(23)28)18-9-4-3-5-10-18/h3-10,21H,11-15H2,1-2H3,(H2,23,28)(H,24,27). The fourth-order valence-electron chi connectivity index (χ4n) is 3.76. The minimum Gasteiger partial charge on any atom is -0.368 e. The predicted molar refractivity (Wildman–Crippen MR) is 111 cm³/mol. The largest absolute Gasteiger partial charge is 0.368 e. The first-order chi connectivity index (χ1) is 13.5. The zero-order valence-electron chi connectivity index (χ0n) is 16.5. The van der Waals surface area contributed by atoms with Crippen LogP contribution in [0.2, 0.25) is 0 Å². The van der Waals surface area contributed by atoms with E-state index in [9.17, 15) is 9.59 Å². The summed E-state index contributed by atoms with van der Waals surface area (Å²) < 4.78 is 0. The fourth-order valence-corrected chi connectivity index (χ4v) is 3.76. The molecule has 1 aliphatic rings. The van der Waals surface area contributed by atoms with Gasteiger partial charge >= 0.3 is 0 Å². The van der Waals surface area contributed by atoms with E-state index in [4.69, 9.17) is 5.73 Å². The number of nitrogens with two attached hydrogens (primary N) is 1. The Kier molecular flexibility index (Phi) is 6.44. The van der Waals surface area contributed by atoms with Crippen molar-refractivity contribution < 1.29 is 9.59 Å². The molecule has 0 aliphatic carbocycles. The van der Waals surface area contributed by atoms with E-state index in [-0.39, 0.29) is 11.8 Å². The average Bonchev–Trinajstić information content (AvgIpc) is 2.67. The summed E-state index contributed by atoms with van der Waals surface area (Å²) in [6.45, 7) is 7.16. The number of piperazine rings is 1. The first-order valence-electron chi connectivity index (χ1n) is 9.62. The van der Waals surface area contributed by atoms with E-state index in [0.29, 0.717) is 19.6 Å². The summed E-state index contributed by atoms with van der Waals surface area (Å²) in [6, 6.07) is 15.2. The monoisotopic (exact) mass is 380 g/mol. The van der Waals surface area contributed by atoms with Gasteiger partial charge in [-0.15, -0.1) is 0 Å². The Hall–Kier alpha value is -2.70. The molecule has 0 spiro atoms. The normalized spacial score (nSPS) is 16.5. The molecule has 28 heavy (non-hydrogen) atoms. The van der Waals surface area contributed by atoms with Gasteiger partial charge in [-0.05, 0) is 30.5 Å². The second-order valence-corrected chi connectivity index (χ2v) is 7.34. The first kappa shape index (κ1) is 20.0. The van der Waals surface area contributed by atoms with Gasteiger partial charge in [0.25, 0.3) is 0 Å². The summed E-state index contributed by atoms with van der Waals surface area (Å²) in [4.78, 5) is 28.7. The van der Waals surface area contributed by atoms with Crippen LogP contribution in [-0.2, 0) is 9.59 Å². The highest BCUT2D eigenvalue weighted by Crippen LogP contribution is 2.22. The van der Waals surface area contributed by atoms with Gasteiger partial charge in [-0.1, -0.05) is 48.5 Å². The lowest BCUT2D eigenvalue weighted by atomic mass is 10.0. The number of carbonyl (C=O) groups excluding carboxylic acids is 2. The Balaban J connectivity index is 1.56. The number of anilines is 1. The molecule has 2 amide bonds. The summed E-state index contributed by atoms with van der Waals surface area (Å²) in [5.74, 6) is -0.354. The number of primary amides is 1. The summed E-state index contributed by atoms with van der Waals surface area (Å²) in [7, 11) is 0. The maximum atomic E-state index is 12.5. The molecule has 3 rings (SSSR count). The zero-order chi connectivity index (χ0) is 20.1. The molecule has 0 aromatic heterocycles. The van der Waals surface area contributed by atoms with Crippen LogP contribution in [0.15, 0.2) is 48.5 Å². The van der Waals surface area contributed by atoms with Crippen LogP contribution >= 0.6 is 0 Å². The quantitative estimate of drug-likeness (QED) is 0.804. The molecular weight excluding hydrogens is 352 g/mol. The van der Waals surface area contributed by atoms with Gasteiger partial charge in [-0.2, -0.15) is 0 Å². The number of aryl methyl sites for hydroxylation is 2. The predicted octanol–water partition coefficient (Wildman–Crippen LogP) is 2.09. The van der Waals surface area contributed by atoms with Crippen molar-refractivity contribution in [1.82, 2.24) is 9.80 Å². The van der Waals surface area contributed by atoms with Crippen LogP contribution in [-0.4, -0.2) is 54.3 Å². The Bertz CT molecular complexity index is 809. The molecule has 0 radical (unpaired) electrons. The van der Waals surface area contributed by atoms with Crippen molar-refractivity contribution in [3.05, 3.63) is 65.2 Å². The number of carbonyl (C=O) groups is 2. The molecule has 1 aliphatic heterocycles. The molecule has 2 aromatic carbocycles. The summed E-state index contributed by atoms with van der Waals surface area (Å²) in [5, 5.41) is 3.04. The summed E-state index contributed by atoms with van der Waals surface area (Å²) in [6.07, 6.45) is 0. The van der Waals surface area contributed by atoms with Crippen LogP contribution in [0.1, 0.15) is 22.7 Å². The number of rotatable bonds is 6. The average molecular weight is 380 g/mol. The highest BCUT2D eigenvalue weighted by molar-refractivity contribution is 5.93. The molecule has 1 atom stereocenters. The maximum Gasteiger partial charge on any atom is 0.239 e. The molecule has 1 fully saturated rings. The molecule has 2 aromatic rings. The van der Waals surface area contributed by atoms with Gasteiger partial charge in [0.15, 0.2) is 0 Å². The Morgan fingerprint density at radius 2 is 1.57 bits per heavy atom. The third-order valence-corrected chi connectivity index (χ3v) is 5.27. The van der Waals surface area contributed by atoms with Gasteiger partial charge in [-0.3, -0.25) is 19.4 Å². The molecule has 3 N–H and O–H groups in total.